The molecule has 1 aliphatic rings. The van der Waals surface area contributed by atoms with Gasteiger partial charge in [-0.2, -0.15) is 0 Å². The van der Waals surface area contributed by atoms with Crippen molar-refractivity contribution in [3.63, 3.8) is 0 Å². The van der Waals surface area contributed by atoms with E-state index >= 15 is 0 Å². The van der Waals surface area contributed by atoms with Crippen molar-refractivity contribution in [2.24, 2.45) is 5.73 Å². The normalized spacial score (nSPS) is 16.3. The standard InChI is InChI=1S/C21H27N3O2.ClH/c22-18-10-5-13-24(16-18)21(25)23-19-11-4-12-20(15-19)26-14-6-9-17-7-2-1-3-8-17;/h1-4,7-8,11-12,15,18H,5-6,9-10,13-14,16,22H2,(H,23,25);1H. The van der Waals surface area contributed by atoms with Crippen LogP contribution < -0.4 is 15.8 Å². The number of nitrogens with one attached hydrogen (secondary N) is 1. The summed E-state index contributed by atoms with van der Waals surface area (Å²) >= 11 is 0. The van der Waals surface area contributed by atoms with Crippen LogP contribution in [0, 0.1) is 0 Å². The van der Waals surface area contributed by atoms with Gasteiger partial charge in [-0.3, -0.25) is 0 Å². The van der Waals surface area contributed by atoms with E-state index in [2.05, 4.69) is 29.6 Å². The summed E-state index contributed by atoms with van der Waals surface area (Å²) in [5.41, 5.74) is 8.01. The van der Waals surface area contributed by atoms with E-state index in [9.17, 15) is 4.79 Å². The van der Waals surface area contributed by atoms with Crippen LogP contribution in [0.25, 0.3) is 0 Å². The number of halogens is 1. The highest BCUT2D eigenvalue weighted by atomic mass is 35.5. The highest BCUT2D eigenvalue weighted by molar-refractivity contribution is 5.89. The van der Waals surface area contributed by atoms with Gasteiger partial charge in [0.1, 0.15) is 5.75 Å². The molecular formula is C21H28ClN3O2. The third-order valence-corrected chi connectivity index (χ3v) is 4.55. The minimum absolute atomic E-state index is 0. The van der Waals surface area contributed by atoms with E-state index in [1.807, 2.05) is 30.3 Å². The molecule has 2 aromatic rings. The summed E-state index contributed by atoms with van der Waals surface area (Å²) in [6.07, 6.45) is 3.88. The number of benzene rings is 2. The molecule has 27 heavy (non-hydrogen) atoms. The number of carbonyl (C=O) groups is 1. The minimum Gasteiger partial charge on any atom is -0.494 e. The van der Waals surface area contributed by atoms with Crippen molar-refractivity contribution >= 4 is 24.1 Å². The second kappa shape index (κ2) is 10.8. The van der Waals surface area contributed by atoms with Crippen LogP contribution >= 0.6 is 12.4 Å². The topological polar surface area (TPSA) is 67.6 Å². The van der Waals surface area contributed by atoms with E-state index in [0.717, 1.165) is 43.7 Å². The van der Waals surface area contributed by atoms with Gasteiger partial charge in [-0.15, -0.1) is 12.4 Å². The van der Waals surface area contributed by atoms with Gasteiger partial charge >= 0.3 is 6.03 Å². The highest BCUT2D eigenvalue weighted by Crippen LogP contribution is 2.19. The van der Waals surface area contributed by atoms with Crippen molar-refractivity contribution in [1.82, 2.24) is 4.90 Å². The Balaban J connectivity index is 0.00000261. The molecule has 2 aromatic carbocycles. The summed E-state index contributed by atoms with van der Waals surface area (Å²) in [4.78, 5) is 14.1. The molecule has 0 spiro atoms. The first-order valence-electron chi connectivity index (χ1n) is 9.29. The number of hydrogen-bond donors (Lipinski definition) is 2. The SMILES string of the molecule is Cl.NC1CCCN(C(=O)Nc2cccc(OCCCc3ccccc3)c2)C1. The molecule has 3 N–H and O–H groups in total. The largest absolute Gasteiger partial charge is 0.494 e. The van der Waals surface area contributed by atoms with E-state index in [-0.39, 0.29) is 24.5 Å². The Morgan fingerprint density at radius 1 is 1.19 bits per heavy atom. The van der Waals surface area contributed by atoms with E-state index in [1.165, 1.54) is 5.56 Å². The molecule has 1 atom stereocenters. The van der Waals surface area contributed by atoms with Crippen molar-refractivity contribution in [3.05, 3.63) is 60.2 Å². The molecule has 1 fully saturated rings. The van der Waals surface area contributed by atoms with E-state index in [0.29, 0.717) is 13.2 Å². The van der Waals surface area contributed by atoms with Gasteiger partial charge in [0, 0.05) is 30.9 Å². The van der Waals surface area contributed by atoms with Crippen molar-refractivity contribution in [1.29, 1.82) is 0 Å². The predicted molar refractivity (Wildman–Crippen MR) is 112 cm³/mol. The number of carbonyl (C=O) groups excluding carboxylic acids is 1. The lowest BCUT2D eigenvalue weighted by molar-refractivity contribution is 0.193. The van der Waals surface area contributed by atoms with Gasteiger partial charge < -0.3 is 20.7 Å². The Labute approximate surface area is 167 Å². The second-order valence-electron chi connectivity index (χ2n) is 6.74. The first-order chi connectivity index (χ1) is 12.7. The van der Waals surface area contributed by atoms with Crippen molar-refractivity contribution < 1.29 is 9.53 Å². The lowest BCUT2D eigenvalue weighted by atomic mass is 10.1. The van der Waals surface area contributed by atoms with Crippen molar-refractivity contribution in [2.45, 2.75) is 31.7 Å². The van der Waals surface area contributed by atoms with Gasteiger partial charge in [-0.05, 0) is 43.4 Å². The number of rotatable bonds is 6. The zero-order chi connectivity index (χ0) is 18.2. The molecule has 0 bridgehead atoms. The van der Waals surface area contributed by atoms with E-state index < -0.39 is 0 Å². The molecule has 0 radical (unpaired) electrons. The number of amides is 2. The number of likely N-dealkylation sites (tertiary alicyclic amines) is 1. The average Bonchev–Trinajstić information content (AvgIpc) is 2.66. The summed E-state index contributed by atoms with van der Waals surface area (Å²) < 4.78 is 5.83. The first-order valence-corrected chi connectivity index (χ1v) is 9.29. The van der Waals surface area contributed by atoms with Crippen LogP contribution in [0.2, 0.25) is 0 Å². The molecule has 0 aliphatic carbocycles. The maximum absolute atomic E-state index is 12.4. The minimum atomic E-state index is -0.0959. The van der Waals surface area contributed by atoms with Gasteiger partial charge in [0.15, 0.2) is 0 Å². The number of anilines is 1. The average molecular weight is 390 g/mol. The van der Waals surface area contributed by atoms with E-state index in [1.54, 1.807) is 4.90 Å². The Kier molecular flexibility index (Phi) is 8.43. The lowest BCUT2D eigenvalue weighted by Crippen LogP contribution is -2.47. The third-order valence-electron chi connectivity index (χ3n) is 4.55. The Hall–Kier alpha value is -2.24. The molecule has 0 saturated carbocycles. The van der Waals surface area contributed by atoms with Gasteiger partial charge in [0.05, 0.1) is 6.61 Å². The second-order valence-corrected chi connectivity index (χ2v) is 6.74. The molecule has 6 heteroatoms. The zero-order valence-electron chi connectivity index (χ0n) is 15.5. The number of hydrogen-bond acceptors (Lipinski definition) is 3. The van der Waals surface area contributed by atoms with Crippen LogP contribution in [0.3, 0.4) is 0 Å². The van der Waals surface area contributed by atoms with Crippen molar-refractivity contribution in [2.75, 3.05) is 25.0 Å². The van der Waals surface area contributed by atoms with Gasteiger partial charge in [-0.25, -0.2) is 4.79 Å². The maximum Gasteiger partial charge on any atom is 0.321 e. The fourth-order valence-electron chi connectivity index (χ4n) is 3.17. The van der Waals surface area contributed by atoms with Gasteiger partial charge in [0.25, 0.3) is 0 Å². The number of nitrogens with zero attached hydrogens (tertiary/aromatic N) is 1. The highest BCUT2D eigenvalue weighted by Gasteiger charge is 2.21. The zero-order valence-corrected chi connectivity index (χ0v) is 16.3. The quantitative estimate of drug-likeness (QED) is 0.731. The smallest absolute Gasteiger partial charge is 0.321 e. The number of ether oxygens (including phenoxy) is 1. The van der Waals surface area contributed by atoms with Crippen LogP contribution in [0.15, 0.2) is 54.6 Å². The number of piperidine rings is 1. The molecular weight excluding hydrogens is 362 g/mol. The monoisotopic (exact) mass is 389 g/mol. The van der Waals surface area contributed by atoms with Crippen LogP contribution in [-0.2, 0) is 6.42 Å². The molecule has 1 aliphatic heterocycles. The fraction of sp³-hybridized carbons (Fsp3) is 0.381. The summed E-state index contributed by atoms with van der Waals surface area (Å²) in [7, 11) is 0. The van der Waals surface area contributed by atoms with Crippen LogP contribution in [0.4, 0.5) is 10.5 Å². The van der Waals surface area contributed by atoms with Crippen LogP contribution in [-0.4, -0.2) is 36.7 Å². The van der Waals surface area contributed by atoms with E-state index in [4.69, 9.17) is 10.5 Å². The molecule has 1 saturated heterocycles. The van der Waals surface area contributed by atoms with Crippen LogP contribution in [0.1, 0.15) is 24.8 Å². The predicted octanol–water partition coefficient (Wildman–Crippen LogP) is 4.08. The van der Waals surface area contributed by atoms with Gasteiger partial charge in [-0.1, -0.05) is 36.4 Å². The molecule has 1 heterocycles. The lowest BCUT2D eigenvalue weighted by Gasteiger charge is -2.30. The number of urea groups is 1. The summed E-state index contributed by atoms with van der Waals surface area (Å²) in [6.45, 7) is 2.02. The molecule has 3 rings (SSSR count). The Morgan fingerprint density at radius 2 is 2.00 bits per heavy atom. The molecule has 0 aromatic heterocycles. The summed E-state index contributed by atoms with van der Waals surface area (Å²) in [5, 5.41) is 2.94. The Bertz CT molecular complexity index is 712. The first kappa shape index (κ1) is 21.1. The molecule has 2 amide bonds. The number of nitrogens with two attached hydrogens (primary N) is 1. The summed E-state index contributed by atoms with van der Waals surface area (Å²) in [6, 6.07) is 17.9. The fourth-order valence-corrected chi connectivity index (χ4v) is 3.17. The molecule has 146 valence electrons. The van der Waals surface area contributed by atoms with Gasteiger partial charge in [0.2, 0.25) is 0 Å². The van der Waals surface area contributed by atoms with Crippen molar-refractivity contribution in [3.8, 4) is 5.75 Å². The third kappa shape index (κ3) is 6.77. The number of aryl methyl sites for hydroxylation is 1. The molecule has 1 unspecified atom stereocenters. The molecule has 5 nitrogen and oxygen atoms in total. The Morgan fingerprint density at radius 3 is 2.78 bits per heavy atom. The van der Waals surface area contributed by atoms with Crippen LogP contribution in [0.5, 0.6) is 5.75 Å². The maximum atomic E-state index is 12.4. The summed E-state index contributed by atoms with van der Waals surface area (Å²) in [5.74, 6) is 0.770.